The van der Waals surface area contributed by atoms with E-state index < -0.39 is 0 Å². The van der Waals surface area contributed by atoms with Crippen LogP contribution in [0.25, 0.3) is 16.6 Å². The molecule has 0 aliphatic heterocycles. The number of para-hydroxylation sites is 1. The van der Waals surface area contributed by atoms with Crippen molar-refractivity contribution in [3.63, 3.8) is 0 Å². The molecule has 23 heavy (non-hydrogen) atoms. The van der Waals surface area contributed by atoms with Gasteiger partial charge < -0.3 is 10.2 Å². The molecule has 0 spiro atoms. The first-order valence-electron chi connectivity index (χ1n) is 7.86. The van der Waals surface area contributed by atoms with Crippen LogP contribution in [-0.2, 0) is 0 Å². The lowest BCUT2D eigenvalue weighted by molar-refractivity contribution is 0.396. The van der Waals surface area contributed by atoms with E-state index in [-0.39, 0.29) is 23.6 Å². The predicted octanol–water partition coefficient (Wildman–Crippen LogP) is 3.89. The molecule has 3 aromatic rings. The van der Waals surface area contributed by atoms with E-state index in [1.54, 1.807) is 4.57 Å². The molecular weight excluding hydrogens is 288 g/mol. The smallest absolute Gasteiger partial charge is 0.202 e. The number of aryl methyl sites for hydroxylation is 1. The summed E-state index contributed by atoms with van der Waals surface area (Å²) in [6, 6.07) is 9.71. The number of hydrogen-bond donors (Lipinski definition) is 2. The molecule has 0 saturated heterocycles. The van der Waals surface area contributed by atoms with Crippen LogP contribution >= 0.6 is 0 Å². The van der Waals surface area contributed by atoms with Crippen LogP contribution in [-0.4, -0.2) is 19.8 Å². The number of aromatic hydroxyl groups is 2. The van der Waals surface area contributed by atoms with Crippen LogP contribution in [0.4, 0.5) is 0 Å². The number of pyridine rings is 1. The molecule has 0 amide bonds. The highest BCUT2D eigenvalue weighted by atomic mass is 16.3. The molecular formula is C19H16N2O2. The lowest BCUT2D eigenvalue weighted by Crippen LogP contribution is -1.99. The highest BCUT2D eigenvalue weighted by Crippen LogP contribution is 2.57. The van der Waals surface area contributed by atoms with Gasteiger partial charge in [-0.05, 0) is 25.5 Å². The molecule has 2 bridgehead atoms. The van der Waals surface area contributed by atoms with Gasteiger partial charge in [0.15, 0.2) is 0 Å². The summed E-state index contributed by atoms with van der Waals surface area (Å²) in [5.41, 5.74) is 4.25. The SMILES string of the molecule is Cc1cc(-n2c(O)c3c(c2O)[C@H]2C=C[C@@H]3C2)c2ccccc2n1. The van der Waals surface area contributed by atoms with Crippen molar-refractivity contribution in [1.82, 2.24) is 9.55 Å². The van der Waals surface area contributed by atoms with Crippen LogP contribution < -0.4 is 0 Å². The Balaban J connectivity index is 1.86. The van der Waals surface area contributed by atoms with Crippen LogP contribution in [0.1, 0.15) is 35.1 Å². The molecule has 2 aliphatic carbocycles. The largest absolute Gasteiger partial charge is 0.494 e. The van der Waals surface area contributed by atoms with Gasteiger partial charge in [-0.25, -0.2) is 0 Å². The van der Waals surface area contributed by atoms with Crippen LogP contribution in [0.5, 0.6) is 11.8 Å². The molecule has 0 unspecified atom stereocenters. The van der Waals surface area contributed by atoms with Gasteiger partial charge in [-0.1, -0.05) is 30.4 Å². The molecule has 5 rings (SSSR count). The van der Waals surface area contributed by atoms with Gasteiger partial charge in [-0.2, -0.15) is 0 Å². The van der Waals surface area contributed by atoms with Crippen molar-refractivity contribution in [2.75, 3.05) is 0 Å². The number of rotatable bonds is 1. The molecule has 2 N–H and O–H groups in total. The molecule has 0 saturated carbocycles. The average Bonchev–Trinajstić information content (AvgIpc) is 3.21. The van der Waals surface area contributed by atoms with Gasteiger partial charge in [0.25, 0.3) is 0 Å². The summed E-state index contributed by atoms with van der Waals surface area (Å²) >= 11 is 0. The molecule has 2 atom stereocenters. The van der Waals surface area contributed by atoms with E-state index in [9.17, 15) is 10.2 Å². The van der Waals surface area contributed by atoms with Gasteiger partial charge in [0.1, 0.15) is 0 Å². The van der Waals surface area contributed by atoms with E-state index in [1.807, 2.05) is 37.3 Å². The van der Waals surface area contributed by atoms with Gasteiger partial charge in [0.05, 0.1) is 11.2 Å². The molecule has 2 aliphatic rings. The maximum absolute atomic E-state index is 10.8. The fourth-order valence-electron chi connectivity index (χ4n) is 4.14. The fourth-order valence-corrected chi connectivity index (χ4v) is 4.14. The Morgan fingerprint density at radius 3 is 2.39 bits per heavy atom. The number of allylic oxidation sites excluding steroid dienone is 2. The minimum absolute atomic E-state index is 0.158. The summed E-state index contributed by atoms with van der Waals surface area (Å²) in [6.45, 7) is 1.92. The molecule has 2 heterocycles. The Kier molecular flexibility index (Phi) is 2.31. The standard InChI is InChI=1S/C19H16N2O2/c1-10-8-15(13-4-2-3-5-14(13)20-10)21-18(22)16-11-6-7-12(9-11)17(16)19(21)23/h2-8,11-12,22-23H,9H2,1H3/t11-,12+. The molecule has 0 radical (unpaired) electrons. The second-order valence-corrected chi connectivity index (χ2v) is 6.44. The first-order valence-corrected chi connectivity index (χ1v) is 7.86. The van der Waals surface area contributed by atoms with E-state index in [1.165, 1.54) is 0 Å². The quantitative estimate of drug-likeness (QED) is 0.671. The maximum atomic E-state index is 10.8. The van der Waals surface area contributed by atoms with Gasteiger partial charge in [-0.3, -0.25) is 9.55 Å². The summed E-state index contributed by atoms with van der Waals surface area (Å²) in [5.74, 6) is 0.753. The third kappa shape index (κ3) is 1.53. The van der Waals surface area contributed by atoms with E-state index in [2.05, 4.69) is 17.1 Å². The van der Waals surface area contributed by atoms with Crippen molar-refractivity contribution in [2.45, 2.75) is 25.2 Å². The predicted molar refractivity (Wildman–Crippen MR) is 88.4 cm³/mol. The Morgan fingerprint density at radius 1 is 1.04 bits per heavy atom. The van der Waals surface area contributed by atoms with Crippen molar-refractivity contribution in [1.29, 1.82) is 0 Å². The van der Waals surface area contributed by atoms with Gasteiger partial charge in [-0.15, -0.1) is 0 Å². The van der Waals surface area contributed by atoms with Crippen LogP contribution in [0.15, 0.2) is 42.5 Å². The minimum Gasteiger partial charge on any atom is -0.494 e. The zero-order valence-corrected chi connectivity index (χ0v) is 12.7. The van der Waals surface area contributed by atoms with Crippen molar-refractivity contribution >= 4 is 10.9 Å². The molecule has 4 nitrogen and oxygen atoms in total. The number of nitrogens with zero attached hydrogens (tertiary/aromatic N) is 2. The van der Waals surface area contributed by atoms with Crippen molar-refractivity contribution < 1.29 is 10.2 Å². The fraction of sp³-hybridized carbons (Fsp3) is 0.211. The Morgan fingerprint density at radius 2 is 1.70 bits per heavy atom. The van der Waals surface area contributed by atoms with E-state index in [0.717, 1.165) is 39.8 Å². The highest BCUT2D eigenvalue weighted by Gasteiger charge is 2.41. The number of aromatic nitrogens is 2. The molecule has 1 aromatic carbocycles. The van der Waals surface area contributed by atoms with Gasteiger partial charge in [0.2, 0.25) is 11.8 Å². The lowest BCUT2D eigenvalue weighted by atomic mass is 10.0. The van der Waals surface area contributed by atoms with Crippen molar-refractivity contribution in [3.05, 3.63) is 59.3 Å². The Labute approximate surface area is 133 Å². The zero-order valence-electron chi connectivity index (χ0n) is 12.7. The first-order chi connectivity index (χ1) is 11.1. The van der Waals surface area contributed by atoms with Gasteiger partial charge in [0, 0.05) is 34.0 Å². The third-order valence-corrected chi connectivity index (χ3v) is 5.08. The Bertz CT molecular complexity index is 965. The lowest BCUT2D eigenvalue weighted by Gasteiger charge is -2.13. The van der Waals surface area contributed by atoms with Crippen LogP contribution in [0.3, 0.4) is 0 Å². The first kappa shape index (κ1) is 12.8. The average molecular weight is 304 g/mol. The number of benzene rings is 1. The summed E-state index contributed by atoms with van der Waals surface area (Å²) in [4.78, 5) is 4.54. The zero-order chi connectivity index (χ0) is 15.7. The minimum atomic E-state index is 0.158. The summed E-state index contributed by atoms with van der Waals surface area (Å²) in [5, 5.41) is 22.5. The summed E-state index contributed by atoms with van der Waals surface area (Å²) in [6.07, 6.45) is 5.22. The van der Waals surface area contributed by atoms with E-state index in [4.69, 9.17) is 0 Å². The number of fused-ring (bicyclic) bond motifs is 6. The molecule has 4 heteroatoms. The van der Waals surface area contributed by atoms with E-state index >= 15 is 0 Å². The van der Waals surface area contributed by atoms with Crippen LogP contribution in [0.2, 0.25) is 0 Å². The van der Waals surface area contributed by atoms with Crippen molar-refractivity contribution in [2.24, 2.45) is 0 Å². The Hall–Kier alpha value is -2.75. The number of hydrogen-bond acceptors (Lipinski definition) is 3. The second-order valence-electron chi connectivity index (χ2n) is 6.44. The molecule has 2 aromatic heterocycles. The van der Waals surface area contributed by atoms with E-state index in [0.29, 0.717) is 0 Å². The van der Waals surface area contributed by atoms with Gasteiger partial charge >= 0.3 is 0 Å². The molecule has 114 valence electrons. The summed E-state index contributed by atoms with van der Waals surface area (Å²) < 4.78 is 1.58. The summed E-state index contributed by atoms with van der Waals surface area (Å²) in [7, 11) is 0. The van der Waals surface area contributed by atoms with Crippen LogP contribution in [0, 0.1) is 6.92 Å². The topological polar surface area (TPSA) is 58.3 Å². The molecule has 0 fully saturated rings. The highest BCUT2D eigenvalue weighted by molar-refractivity contribution is 5.88. The van der Waals surface area contributed by atoms with Crippen molar-refractivity contribution in [3.8, 4) is 17.4 Å². The maximum Gasteiger partial charge on any atom is 0.202 e. The normalized spacial score (nSPS) is 21.3. The monoisotopic (exact) mass is 304 g/mol. The third-order valence-electron chi connectivity index (χ3n) is 5.08. The second kappa shape index (κ2) is 4.16.